The zero-order valence-corrected chi connectivity index (χ0v) is 15.0. The number of carbonyl (C=O) groups excluding carboxylic acids is 2. The van der Waals surface area contributed by atoms with E-state index in [4.69, 9.17) is 0 Å². The van der Waals surface area contributed by atoms with Gasteiger partial charge in [0.05, 0.1) is 10.7 Å². The van der Waals surface area contributed by atoms with E-state index in [-0.39, 0.29) is 11.6 Å². The second-order valence-electron chi connectivity index (χ2n) is 5.36. The van der Waals surface area contributed by atoms with Gasteiger partial charge in [0.15, 0.2) is 11.6 Å². The number of ketones is 2. The number of Topliss-reactive ketones (excluding diaryl/α,β-unsaturated/α-hetero) is 2. The summed E-state index contributed by atoms with van der Waals surface area (Å²) < 4.78 is 0. The van der Waals surface area contributed by atoms with Crippen LogP contribution in [0.5, 0.6) is 0 Å². The standard InChI is InChI=1S/C18H14Br2O2/c19-9-17(21)13-3-5-15-11(7-13)1-2-12-8-14(18(22)10-20)4-6-16(12)15/h3-8H,1-2,9-10H2. The van der Waals surface area contributed by atoms with Crippen molar-refractivity contribution in [2.75, 3.05) is 10.7 Å². The summed E-state index contributed by atoms with van der Waals surface area (Å²) in [7, 11) is 0. The molecule has 2 nitrogen and oxygen atoms in total. The number of benzene rings is 2. The minimum absolute atomic E-state index is 0.104. The number of halogens is 2. The normalized spacial score (nSPS) is 12.5. The van der Waals surface area contributed by atoms with Crippen molar-refractivity contribution in [2.45, 2.75) is 12.8 Å². The predicted molar refractivity (Wildman–Crippen MR) is 95.5 cm³/mol. The number of carbonyl (C=O) groups is 2. The number of alkyl halides is 2. The molecule has 3 rings (SSSR count). The van der Waals surface area contributed by atoms with E-state index in [1.807, 2.05) is 36.4 Å². The number of hydrogen-bond donors (Lipinski definition) is 0. The Balaban J connectivity index is 2.03. The number of aryl methyl sites for hydroxylation is 2. The molecule has 0 spiro atoms. The Morgan fingerprint density at radius 2 is 1.18 bits per heavy atom. The molecule has 0 aromatic heterocycles. The Morgan fingerprint density at radius 1 is 0.773 bits per heavy atom. The predicted octanol–water partition coefficient (Wildman–Crippen LogP) is 4.61. The first-order valence-corrected chi connectivity index (χ1v) is 9.33. The Labute approximate surface area is 146 Å². The van der Waals surface area contributed by atoms with Crippen molar-refractivity contribution in [2.24, 2.45) is 0 Å². The van der Waals surface area contributed by atoms with Gasteiger partial charge in [-0.2, -0.15) is 0 Å². The van der Waals surface area contributed by atoms with Gasteiger partial charge < -0.3 is 0 Å². The van der Waals surface area contributed by atoms with Crippen LogP contribution in [0, 0.1) is 0 Å². The van der Waals surface area contributed by atoms with E-state index in [0.29, 0.717) is 10.7 Å². The van der Waals surface area contributed by atoms with Gasteiger partial charge in [0.2, 0.25) is 0 Å². The van der Waals surface area contributed by atoms with E-state index in [1.165, 1.54) is 22.3 Å². The van der Waals surface area contributed by atoms with Gasteiger partial charge in [-0.25, -0.2) is 0 Å². The third-order valence-corrected chi connectivity index (χ3v) is 5.07. The van der Waals surface area contributed by atoms with Crippen LogP contribution >= 0.6 is 31.9 Å². The molecular weight excluding hydrogens is 408 g/mol. The molecule has 0 fully saturated rings. The molecule has 0 aliphatic heterocycles. The highest BCUT2D eigenvalue weighted by atomic mass is 79.9. The molecule has 2 aromatic rings. The van der Waals surface area contributed by atoms with Gasteiger partial charge in [0, 0.05) is 11.1 Å². The van der Waals surface area contributed by atoms with Crippen molar-refractivity contribution in [3.05, 3.63) is 58.7 Å². The lowest BCUT2D eigenvalue weighted by atomic mass is 9.83. The van der Waals surface area contributed by atoms with Crippen molar-refractivity contribution in [1.29, 1.82) is 0 Å². The Hall–Kier alpha value is -1.26. The molecule has 4 heteroatoms. The monoisotopic (exact) mass is 420 g/mol. The zero-order valence-electron chi connectivity index (χ0n) is 11.9. The largest absolute Gasteiger partial charge is 0.293 e. The van der Waals surface area contributed by atoms with Crippen LogP contribution in [0.4, 0.5) is 0 Å². The maximum Gasteiger partial charge on any atom is 0.173 e. The third-order valence-electron chi connectivity index (χ3n) is 4.05. The van der Waals surface area contributed by atoms with Crippen LogP contribution in [0.2, 0.25) is 0 Å². The van der Waals surface area contributed by atoms with Crippen molar-refractivity contribution in [3.8, 4) is 11.1 Å². The molecule has 0 saturated heterocycles. The summed E-state index contributed by atoms with van der Waals surface area (Å²) in [5.74, 6) is 0.207. The fraction of sp³-hybridized carbons (Fsp3) is 0.222. The fourth-order valence-electron chi connectivity index (χ4n) is 2.90. The van der Waals surface area contributed by atoms with Crippen LogP contribution in [-0.2, 0) is 12.8 Å². The molecule has 0 atom stereocenters. The van der Waals surface area contributed by atoms with Crippen molar-refractivity contribution >= 4 is 43.4 Å². The average molecular weight is 422 g/mol. The van der Waals surface area contributed by atoms with E-state index in [1.54, 1.807) is 0 Å². The molecule has 1 aliphatic rings. The second-order valence-corrected chi connectivity index (χ2v) is 6.48. The molecule has 112 valence electrons. The SMILES string of the molecule is O=C(CBr)c1ccc2c(c1)CCc1cc(C(=O)CBr)ccc1-2. The van der Waals surface area contributed by atoms with Crippen LogP contribution in [-0.4, -0.2) is 22.2 Å². The first-order chi connectivity index (χ1) is 10.6. The molecule has 0 unspecified atom stereocenters. The summed E-state index contributed by atoms with van der Waals surface area (Å²) in [4.78, 5) is 23.6. The van der Waals surface area contributed by atoms with Gasteiger partial charge in [0.1, 0.15) is 0 Å². The molecule has 0 saturated carbocycles. The Kier molecular flexibility index (Phi) is 4.59. The molecule has 0 heterocycles. The quantitative estimate of drug-likeness (QED) is 0.533. The van der Waals surface area contributed by atoms with Gasteiger partial charge in [-0.1, -0.05) is 56.1 Å². The average Bonchev–Trinajstić information content (AvgIpc) is 2.59. The minimum atomic E-state index is 0.104. The second kappa shape index (κ2) is 6.47. The maximum absolute atomic E-state index is 11.8. The lowest BCUT2D eigenvalue weighted by Gasteiger charge is -2.21. The number of hydrogen-bond acceptors (Lipinski definition) is 2. The molecule has 0 N–H and O–H groups in total. The molecule has 0 amide bonds. The van der Waals surface area contributed by atoms with Crippen LogP contribution in [0.1, 0.15) is 31.8 Å². The lowest BCUT2D eigenvalue weighted by Crippen LogP contribution is -2.09. The fourth-order valence-corrected chi connectivity index (χ4v) is 3.54. The summed E-state index contributed by atoms with van der Waals surface area (Å²) in [5.41, 5.74) is 6.27. The smallest absolute Gasteiger partial charge is 0.173 e. The van der Waals surface area contributed by atoms with Crippen LogP contribution in [0.15, 0.2) is 36.4 Å². The maximum atomic E-state index is 11.8. The Morgan fingerprint density at radius 3 is 1.55 bits per heavy atom. The van der Waals surface area contributed by atoms with Gasteiger partial charge in [0.25, 0.3) is 0 Å². The summed E-state index contributed by atoms with van der Waals surface area (Å²) >= 11 is 6.43. The minimum Gasteiger partial charge on any atom is -0.293 e. The zero-order chi connectivity index (χ0) is 15.7. The first kappa shape index (κ1) is 15.6. The molecule has 0 radical (unpaired) electrons. The summed E-state index contributed by atoms with van der Waals surface area (Å²) in [5, 5.41) is 0.695. The van der Waals surface area contributed by atoms with Crippen LogP contribution < -0.4 is 0 Å². The highest BCUT2D eigenvalue weighted by Crippen LogP contribution is 2.34. The highest BCUT2D eigenvalue weighted by molar-refractivity contribution is 9.09. The molecular formula is C18H14Br2O2. The third kappa shape index (κ3) is 2.82. The van der Waals surface area contributed by atoms with E-state index in [2.05, 4.69) is 31.9 Å². The summed E-state index contributed by atoms with van der Waals surface area (Å²) in [6, 6.07) is 11.8. The van der Waals surface area contributed by atoms with Crippen molar-refractivity contribution < 1.29 is 9.59 Å². The lowest BCUT2D eigenvalue weighted by molar-refractivity contribution is 0.101. The van der Waals surface area contributed by atoms with Crippen LogP contribution in [0.25, 0.3) is 11.1 Å². The van der Waals surface area contributed by atoms with Gasteiger partial charge in [-0.05, 0) is 47.2 Å². The molecule has 22 heavy (non-hydrogen) atoms. The van der Waals surface area contributed by atoms with E-state index in [0.717, 1.165) is 24.0 Å². The number of rotatable bonds is 4. The van der Waals surface area contributed by atoms with Crippen molar-refractivity contribution in [1.82, 2.24) is 0 Å². The topological polar surface area (TPSA) is 34.1 Å². The van der Waals surface area contributed by atoms with Crippen molar-refractivity contribution in [3.63, 3.8) is 0 Å². The van der Waals surface area contributed by atoms with Crippen LogP contribution in [0.3, 0.4) is 0 Å². The van der Waals surface area contributed by atoms with Gasteiger partial charge >= 0.3 is 0 Å². The van der Waals surface area contributed by atoms with E-state index < -0.39 is 0 Å². The Bertz CT molecular complexity index is 700. The van der Waals surface area contributed by atoms with E-state index >= 15 is 0 Å². The van der Waals surface area contributed by atoms with Gasteiger partial charge in [-0.15, -0.1) is 0 Å². The van der Waals surface area contributed by atoms with E-state index in [9.17, 15) is 9.59 Å². The van der Waals surface area contributed by atoms with Gasteiger partial charge in [-0.3, -0.25) is 9.59 Å². The molecule has 2 aromatic carbocycles. The molecule has 1 aliphatic carbocycles. The number of fused-ring (bicyclic) bond motifs is 3. The summed E-state index contributed by atoms with van der Waals surface area (Å²) in [6.45, 7) is 0. The highest BCUT2D eigenvalue weighted by Gasteiger charge is 2.19. The summed E-state index contributed by atoms with van der Waals surface area (Å²) in [6.07, 6.45) is 1.80. The molecule has 0 bridgehead atoms. The first-order valence-electron chi connectivity index (χ1n) is 7.08.